The average Bonchev–Trinajstić information content (AvgIpc) is 3.90. The Bertz CT molecular complexity index is 3960. The van der Waals surface area contributed by atoms with Gasteiger partial charge in [0.1, 0.15) is 0 Å². The molecule has 0 saturated carbocycles. The standard InChI is InChI=1S/C71H55BN2Si/c1-48-41-66-70-67(42-48)74(63-40-38-54(71(2,3)4)45-59(63)51-27-14-7-15-28-51)65-46-60-58-35-20-21-36-68(58)75(56-31-16-8-17-32-56,57-33-18-9-19-34-57)69(60)47-62(65)72(70)61-39-37-53(50-25-12-6-13-26-50)44-64(61)73(66)55-30-22-29-52(43-55)49-23-10-5-11-24-49/h5-47H,1-4H3. The molecule has 356 valence electrons. The Kier molecular flexibility index (Phi) is 10.5. The summed E-state index contributed by atoms with van der Waals surface area (Å²) >= 11 is 0. The predicted octanol–water partition coefficient (Wildman–Crippen LogP) is 13.7. The predicted molar refractivity (Wildman–Crippen MR) is 323 cm³/mol. The van der Waals surface area contributed by atoms with Gasteiger partial charge in [0.15, 0.2) is 8.07 Å². The topological polar surface area (TPSA) is 6.48 Å². The third-order valence-electron chi connectivity index (χ3n) is 16.3. The molecule has 4 heteroatoms. The van der Waals surface area contributed by atoms with Crippen LogP contribution < -0.4 is 46.9 Å². The number of anilines is 6. The first kappa shape index (κ1) is 45.0. The van der Waals surface area contributed by atoms with E-state index in [-0.39, 0.29) is 12.1 Å². The molecule has 0 spiro atoms. The van der Waals surface area contributed by atoms with E-state index in [0.717, 1.165) is 5.69 Å². The molecule has 0 saturated heterocycles. The highest BCUT2D eigenvalue weighted by Crippen LogP contribution is 2.49. The van der Waals surface area contributed by atoms with Crippen LogP contribution in [0.25, 0.3) is 44.5 Å². The van der Waals surface area contributed by atoms with Crippen molar-refractivity contribution in [2.45, 2.75) is 33.1 Å². The van der Waals surface area contributed by atoms with E-state index in [1.807, 2.05) is 0 Å². The summed E-state index contributed by atoms with van der Waals surface area (Å²) in [6.45, 7) is 9.18. The number of nitrogens with zero attached hydrogens (tertiary/aromatic N) is 2. The Morgan fingerprint density at radius 1 is 0.347 bits per heavy atom. The quantitative estimate of drug-likeness (QED) is 0.147. The van der Waals surface area contributed by atoms with Crippen LogP contribution in [0.3, 0.4) is 0 Å². The summed E-state index contributed by atoms with van der Waals surface area (Å²) in [5.74, 6) is 0. The summed E-state index contributed by atoms with van der Waals surface area (Å²) in [5, 5.41) is 5.69. The zero-order valence-corrected chi connectivity index (χ0v) is 43.8. The minimum Gasteiger partial charge on any atom is -0.311 e. The summed E-state index contributed by atoms with van der Waals surface area (Å²) in [6.07, 6.45) is 0. The van der Waals surface area contributed by atoms with Gasteiger partial charge in [-0.1, -0.05) is 233 Å². The van der Waals surface area contributed by atoms with Crippen LogP contribution in [0.2, 0.25) is 0 Å². The number of hydrogen-bond acceptors (Lipinski definition) is 2. The smallest absolute Gasteiger partial charge is 0.252 e. The molecule has 0 radical (unpaired) electrons. The van der Waals surface area contributed by atoms with Crippen LogP contribution in [0.15, 0.2) is 261 Å². The fourth-order valence-electron chi connectivity index (χ4n) is 12.9. The van der Waals surface area contributed by atoms with Crippen LogP contribution in [0.5, 0.6) is 0 Å². The first-order valence-corrected chi connectivity index (χ1v) is 28.4. The van der Waals surface area contributed by atoms with Crippen LogP contribution in [0, 0.1) is 6.92 Å². The molecule has 0 aromatic heterocycles. The van der Waals surface area contributed by atoms with Crippen molar-refractivity contribution in [3.05, 3.63) is 272 Å². The lowest BCUT2D eigenvalue weighted by Crippen LogP contribution is -2.73. The van der Waals surface area contributed by atoms with E-state index in [4.69, 9.17) is 0 Å². The van der Waals surface area contributed by atoms with Crippen LogP contribution >= 0.6 is 0 Å². The van der Waals surface area contributed by atoms with Crippen LogP contribution in [0.4, 0.5) is 34.1 Å². The maximum atomic E-state index is 2.70. The van der Waals surface area contributed by atoms with E-state index in [1.165, 1.54) is 121 Å². The van der Waals surface area contributed by atoms with Gasteiger partial charge in [-0.2, -0.15) is 0 Å². The Morgan fingerprint density at radius 2 is 0.893 bits per heavy atom. The van der Waals surface area contributed by atoms with E-state index in [2.05, 4.69) is 298 Å². The van der Waals surface area contributed by atoms with Crippen molar-refractivity contribution < 1.29 is 0 Å². The highest BCUT2D eigenvalue weighted by Gasteiger charge is 2.51. The van der Waals surface area contributed by atoms with Crippen molar-refractivity contribution in [3.63, 3.8) is 0 Å². The second kappa shape index (κ2) is 17.5. The van der Waals surface area contributed by atoms with Crippen molar-refractivity contribution >= 4 is 86.0 Å². The summed E-state index contributed by atoms with van der Waals surface area (Å²) in [6, 6.07) is 99.0. The third-order valence-corrected chi connectivity index (χ3v) is 21.2. The first-order valence-electron chi connectivity index (χ1n) is 26.4. The summed E-state index contributed by atoms with van der Waals surface area (Å²) in [5.41, 5.74) is 23.4. The fourth-order valence-corrected chi connectivity index (χ4v) is 18.1. The zero-order valence-electron chi connectivity index (χ0n) is 42.8. The zero-order chi connectivity index (χ0) is 50.4. The van der Waals surface area contributed by atoms with Crippen molar-refractivity contribution in [3.8, 4) is 44.5 Å². The summed E-state index contributed by atoms with van der Waals surface area (Å²) < 4.78 is 0. The van der Waals surface area contributed by atoms with Crippen LogP contribution in [0.1, 0.15) is 31.9 Å². The molecule has 3 aliphatic rings. The van der Waals surface area contributed by atoms with E-state index in [1.54, 1.807) is 0 Å². The first-order chi connectivity index (χ1) is 36.8. The van der Waals surface area contributed by atoms with Crippen molar-refractivity contribution in [2.75, 3.05) is 9.80 Å². The van der Waals surface area contributed by atoms with Gasteiger partial charge in [0.2, 0.25) is 0 Å². The van der Waals surface area contributed by atoms with Gasteiger partial charge in [0.05, 0.1) is 5.69 Å². The molecular formula is C71H55BN2Si. The highest BCUT2D eigenvalue weighted by atomic mass is 28.3. The molecule has 3 aliphatic heterocycles. The molecule has 0 unspecified atom stereocenters. The van der Waals surface area contributed by atoms with E-state index in [0.29, 0.717) is 0 Å². The molecule has 75 heavy (non-hydrogen) atoms. The molecule has 0 atom stereocenters. The minimum absolute atomic E-state index is 0.0556. The molecule has 0 aliphatic carbocycles. The lowest BCUT2D eigenvalue weighted by atomic mass is 9.33. The Morgan fingerprint density at radius 3 is 1.53 bits per heavy atom. The van der Waals surface area contributed by atoms with Gasteiger partial charge in [-0.05, 0) is 148 Å². The van der Waals surface area contributed by atoms with Gasteiger partial charge in [-0.25, -0.2) is 0 Å². The maximum absolute atomic E-state index is 2.90. The number of fused-ring (bicyclic) bond motifs is 7. The second-order valence-corrected chi connectivity index (χ2v) is 25.4. The number of aryl methyl sites for hydroxylation is 1. The van der Waals surface area contributed by atoms with Crippen LogP contribution in [-0.2, 0) is 5.41 Å². The Balaban J connectivity index is 1.13. The average molecular weight is 975 g/mol. The molecule has 3 heterocycles. The number of rotatable bonds is 7. The Hall–Kier alpha value is -8.70. The lowest BCUT2D eigenvalue weighted by Gasteiger charge is -2.45. The molecule has 2 nitrogen and oxygen atoms in total. The van der Waals surface area contributed by atoms with Gasteiger partial charge >= 0.3 is 0 Å². The normalized spacial score (nSPS) is 13.6. The molecule has 11 aromatic carbocycles. The van der Waals surface area contributed by atoms with Gasteiger partial charge in [0, 0.05) is 34.0 Å². The Labute approximate surface area is 443 Å². The monoisotopic (exact) mass is 974 g/mol. The van der Waals surface area contributed by atoms with Gasteiger partial charge in [0.25, 0.3) is 6.71 Å². The van der Waals surface area contributed by atoms with Gasteiger partial charge in [-0.15, -0.1) is 0 Å². The fraction of sp³-hybridized carbons (Fsp3) is 0.0704. The minimum atomic E-state index is -2.90. The molecule has 0 bridgehead atoms. The van der Waals surface area contributed by atoms with Crippen molar-refractivity contribution in [2.24, 2.45) is 0 Å². The van der Waals surface area contributed by atoms with Crippen molar-refractivity contribution in [1.29, 1.82) is 0 Å². The summed E-state index contributed by atoms with van der Waals surface area (Å²) in [4.78, 5) is 5.24. The maximum Gasteiger partial charge on any atom is 0.252 e. The van der Waals surface area contributed by atoms with Crippen molar-refractivity contribution in [1.82, 2.24) is 0 Å². The molecule has 0 fully saturated rings. The largest absolute Gasteiger partial charge is 0.311 e. The molecule has 11 aromatic rings. The lowest BCUT2D eigenvalue weighted by molar-refractivity contribution is 0.590. The highest BCUT2D eigenvalue weighted by molar-refractivity contribution is 7.22. The van der Waals surface area contributed by atoms with Gasteiger partial charge < -0.3 is 9.80 Å². The number of hydrogen-bond donors (Lipinski definition) is 0. The van der Waals surface area contributed by atoms with Crippen LogP contribution in [-0.4, -0.2) is 14.8 Å². The second-order valence-electron chi connectivity index (χ2n) is 21.7. The third kappa shape index (κ3) is 7.08. The summed E-state index contributed by atoms with van der Waals surface area (Å²) in [7, 11) is -2.90. The molecule has 0 amide bonds. The van der Waals surface area contributed by atoms with E-state index < -0.39 is 8.07 Å². The van der Waals surface area contributed by atoms with E-state index >= 15 is 0 Å². The molecule has 0 N–H and O–H groups in total. The molecular weight excluding hydrogens is 920 g/mol. The SMILES string of the molecule is Cc1cc2c3c(c1)N(c1ccc(C(C)(C)C)cc1-c1ccccc1)c1cc4c(cc1B3c1ccc(-c3ccccc3)cc1N2c1cccc(-c2ccccc2)c1)[Si](c1ccccc1)(c1ccccc1)c1ccccc1-4. The van der Waals surface area contributed by atoms with E-state index in [9.17, 15) is 0 Å². The number of benzene rings is 11. The van der Waals surface area contributed by atoms with Gasteiger partial charge in [-0.3, -0.25) is 0 Å². The molecule has 14 rings (SSSR count).